The molecule has 0 radical (unpaired) electrons. The van der Waals surface area contributed by atoms with E-state index in [2.05, 4.69) is 13.8 Å². The zero-order valence-corrected chi connectivity index (χ0v) is 10.5. The van der Waals surface area contributed by atoms with Gasteiger partial charge in [0.05, 0.1) is 6.61 Å². The summed E-state index contributed by atoms with van der Waals surface area (Å²) >= 11 is 0. The number of hydrogen-bond acceptors (Lipinski definition) is 3. The first-order valence-corrected chi connectivity index (χ1v) is 5.67. The molecular formula is C14H16N2O2. The van der Waals surface area contributed by atoms with Crippen molar-refractivity contribution in [2.75, 3.05) is 6.61 Å². The van der Waals surface area contributed by atoms with Gasteiger partial charge in [0.15, 0.2) is 0 Å². The molecular weight excluding hydrogens is 228 g/mol. The summed E-state index contributed by atoms with van der Waals surface area (Å²) in [6.07, 6.45) is 1.45. The van der Waals surface area contributed by atoms with Gasteiger partial charge in [0, 0.05) is 0 Å². The van der Waals surface area contributed by atoms with E-state index in [1.165, 1.54) is 6.08 Å². The monoisotopic (exact) mass is 244 g/mol. The summed E-state index contributed by atoms with van der Waals surface area (Å²) < 4.78 is 5.52. The first-order chi connectivity index (χ1) is 8.52. The van der Waals surface area contributed by atoms with Crippen LogP contribution in [0.1, 0.15) is 19.4 Å². The Hall–Kier alpha value is -2.28. The van der Waals surface area contributed by atoms with Crippen molar-refractivity contribution in [2.45, 2.75) is 13.8 Å². The molecule has 0 fully saturated rings. The van der Waals surface area contributed by atoms with Gasteiger partial charge >= 0.3 is 0 Å². The summed E-state index contributed by atoms with van der Waals surface area (Å²) in [6, 6.07) is 8.90. The molecule has 0 aliphatic carbocycles. The molecule has 0 bridgehead atoms. The second-order valence-electron chi connectivity index (χ2n) is 4.31. The molecule has 4 nitrogen and oxygen atoms in total. The maximum atomic E-state index is 10.9. The molecule has 1 aromatic carbocycles. The Bertz CT molecular complexity index is 482. The summed E-state index contributed by atoms with van der Waals surface area (Å²) in [5.41, 5.74) is 5.73. The number of nitrogens with two attached hydrogens (primary N) is 1. The summed E-state index contributed by atoms with van der Waals surface area (Å²) in [6.45, 7) is 4.80. The number of rotatable bonds is 5. The molecule has 1 aromatic rings. The van der Waals surface area contributed by atoms with Gasteiger partial charge in [0.1, 0.15) is 17.4 Å². The lowest BCUT2D eigenvalue weighted by Crippen LogP contribution is -2.12. The van der Waals surface area contributed by atoms with Crippen LogP contribution in [0.15, 0.2) is 29.8 Å². The Morgan fingerprint density at radius 2 is 2.06 bits per heavy atom. The van der Waals surface area contributed by atoms with Crippen molar-refractivity contribution >= 4 is 12.0 Å². The third kappa shape index (κ3) is 4.30. The van der Waals surface area contributed by atoms with E-state index in [1.807, 2.05) is 0 Å². The number of hydrogen-bond donors (Lipinski definition) is 1. The molecule has 18 heavy (non-hydrogen) atoms. The van der Waals surface area contributed by atoms with Crippen LogP contribution in [0, 0.1) is 17.2 Å². The smallest absolute Gasteiger partial charge is 0.259 e. The highest BCUT2D eigenvalue weighted by atomic mass is 16.5. The van der Waals surface area contributed by atoms with Crippen LogP contribution >= 0.6 is 0 Å². The lowest BCUT2D eigenvalue weighted by Gasteiger charge is -2.08. The van der Waals surface area contributed by atoms with Crippen LogP contribution in [-0.2, 0) is 4.79 Å². The van der Waals surface area contributed by atoms with Crippen LogP contribution in [0.5, 0.6) is 5.75 Å². The number of nitrogens with zero attached hydrogens (tertiary/aromatic N) is 1. The van der Waals surface area contributed by atoms with E-state index in [0.717, 1.165) is 11.3 Å². The molecule has 94 valence electrons. The van der Waals surface area contributed by atoms with Crippen LogP contribution in [0.3, 0.4) is 0 Å². The predicted molar refractivity (Wildman–Crippen MR) is 69.6 cm³/mol. The van der Waals surface area contributed by atoms with Crippen LogP contribution < -0.4 is 10.5 Å². The average molecular weight is 244 g/mol. The molecule has 1 amide bonds. The lowest BCUT2D eigenvalue weighted by atomic mass is 10.1. The molecule has 1 rings (SSSR count). The Balaban J connectivity index is 2.77. The summed E-state index contributed by atoms with van der Waals surface area (Å²) in [7, 11) is 0. The largest absolute Gasteiger partial charge is 0.493 e. The van der Waals surface area contributed by atoms with Gasteiger partial charge in [-0.2, -0.15) is 5.26 Å². The standard InChI is InChI=1S/C14H16N2O2/c1-10(2)9-18-13-5-3-11(4-6-13)7-12(8-15)14(16)17/h3-7,10H,9H2,1-2H3,(H2,16,17)/b12-7+. The fourth-order valence-corrected chi connectivity index (χ4v) is 1.25. The van der Waals surface area contributed by atoms with Crippen LogP contribution in [-0.4, -0.2) is 12.5 Å². The highest BCUT2D eigenvalue weighted by Gasteiger charge is 2.03. The fraction of sp³-hybridized carbons (Fsp3) is 0.286. The van der Waals surface area contributed by atoms with Crippen molar-refractivity contribution in [1.29, 1.82) is 5.26 Å². The number of benzene rings is 1. The van der Waals surface area contributed by atoms with Crippen molar-refractivity contribution < 1.29 is 9.53 Å². The quantitative estimate of drug-likeness (QED) is 0.636. The SMILES string of the molecule is CC(C)COc1ccc(/C=C(\C#N)C(N)=O)cc1. The molecule has 0 unspecified atom stereocenters. The first-order valence-electron chi connectivity index (χ1n) is 5.67. The normalized spacial score (nSPS) is 11.1. The number of ether oxygens (including phenoxy) is 1. The third-order valence-electron chi connectivity index (χ3n) is 2.16. The number of nitriles is 1. The molecule has 0 saturated carbocycles. The van der Waals surface area contributed by atoms with E-state index in [1.54, 1.807) is 30.3 Å². The van der Waals surface area contributed by atoms with Crippen molar-refractivity contribution in [1.82, 2.24) is 0 Å². The zero-order valence-electron chi connectivity index (χ0n) is 10.5. The number of carbonyl (C=O) groups excluding carboxylic acids is 1. The van der Waals surface area contributed by atoms with Crippen LogP contribution in [0.25, 0.3) is 6.08 Å². The Morgan fingerprint density at radius 1 is 1.44 bits per heavy atom. The lowest BCUT2D eigenvalue weighted by molar-refractivity contribution is -0.114. The Labute approximate surface area is 107 Å². The van der Waals surface area contributed by atoms with Gasteiger partial charge in [-0.15, -0.1) is 0 Å². The third-order valence-corrected chi connectivity index (χ3v) is 2.16. The molecule has 0 atom stereocenters. The van der Waals surface area contributed by atoms with E-state index in [9.17, 15) is 4.79 Å². The first kappa shape index (κ1) is 13.8. The van der Waals surface area contributed by atoms with Crippen LogP contribution in [0.2, 0.25) is 0 Å². The molecule has 0 spiro atoms. The van der Waals surface area contributed by atoms with E-state index < -0.39 is 5.91 Å². The average Bonchev–Trinajstić information content (AvgIpc) is 2.34. The van der Waals surface area contributed by atoms with E-state index >= 15 is 0 Å². The predicted octanol–water partition coefficient (Wildman–Crippen LogP) is 2.11. The second-order valence-corrected chi connectivity index (χ2v) is 4.31. The highest BCUT2D eigenvalue weighted by Crippen LogP contribution is 2.15. The summed E-state index contributed by atoms with van der Waals surface area (Å²) in [5.74, 6) is 0.501. The van der Waals surface area contributed by atoms with Gasteiger partial charge in [-0.05, 0) is 29.7 Å². The van der Waals surface area contributed by atoms with Crippen molar-refractivity contribution in [3.63, 3.8) is 0 Å². The van der Waals surface area contributed by atoms with Gasteiger partial charge < -0.3 is 10.5 Å². The minimum atomic E-state index is -0.724. The molecule has 0 aliphatic heterocycles. The Morgan fingerprint density at radius 3 is 2.50 bits per heavy atom. The zero-order chi connectivity index (χ0) is 13.5. The van der Waals surface area contributed by atoms with Crippen LogP contribution in [0.4, 0.5) is 0 Å². The highest BCUT2D eigenvalue weighted by molar-refractivity contribution is 6.00. The maximum Gasteiger partial charge on any atom is 0.259 e. The minimum absolute atomic E-state index is 0.0640. The van der Waals surface area contributed by atoms with E-state index in [4.69, 9.17) is 15.7 Å². The van der Waals surface area contributed by atoms with Gasteiger partial charge in [0.25, 0.3) is 5.91 Å². The van der Waals surface area contributed by atoms with Gasteiger partial charge in [-0.25, -0.2) is 0 Å². The van der Waals surface area contributed by atoms with Crippen molar-refractivity contribution in [3.8, 4) is 11.8 Å². The topological polar surface area (TPSA) is 76.1 Å². The molecule has 0 saturated heterocycles. The van der Waals surface area contributed by atoms with Gasteiger partial charge in [-0.3, -0.25) is 4.79 Å². The molecule has 0 aliphatic rings. The second kappa shape index (κ2) is 6.45. The van der Waals surface area contributed by atoms with Crippen molar-refractivity contribution in [2.24, 2.45) is 11.7 Å². The molecule has 0 aromatic heterocycles. The van der Waals surface area contributed by atoms with Gasteiger partial charge in [-0.1, -0.05) is 26.0 Å². The minimum Gasteiger partial charge on any atom is -0.493 e. The van der Waals surface area contributed by atoms with E-state index in [-0.39, 0.29) is 5.57 Å². The van der Waals surface area contributed by atoms with Crippen molar-refractivity contribution in [3.05, 3.63) is 35.4 Å². The summed E-state index contributed by atoms with van der Waals surface area (Å²) in [4.78, 5) is 10.9. The van der Waals surface area contributed by atoms with Gasteiger partial charge in [0.2, 0.25) is 0 Å². The summed E-state index contributed by atoms with van der Waals surface area (Å²) in [5, 5.41) is 8.71. The maximum absolute atomic E-state index is 10.9. The number of carbonyl (C=O) groups is 1. The molecule has 4 heteroatoms. The number of primary amides is 1. The Kier molecular flexibility index (Phi) is 4.94. The number of amides is 1. The molecule has 2 N–H and O–H groups in total. The van der Waals surface area contributed by atoms with E-state index in [0.29, 0.717) is 12.5 Å². The fourth-order valence-electron chi connectivity index (χ4n) is 1.25. The molecule has 0 heterocycles.